The molecule has 86 valence electrons. The lowest BCUT2D eigenvalue weighted by molar-refractivity contribution is -0.281. The van der Waals surface area contributed by atoms with Gasteiger partial charge >= 0.3 is 12.1 Å². The van der Waals surface area contributed by atoms with Crippen LogP contribution in [-0.2, 0) is 6.42 Å². The molecule has 0 amide bonds. The Labute approximate surface area is 87.3 Å². The number of nitriles is 1. The molecule has 0 spiro atoms. The third-order valence-electron chi connectivity index (χ3n) is 1.77. The Bertz CT molecular complexity index is 401. The third-order valence-corrected chi connectivity index (χ3v) is 1.77. The van der Waals surface area contributed by atoms with Gasteiger partial charge in [0.05, 0.1) is 12.0 Å². The van der Waals surface area contributed by atoms with Crippen molar-refractivity contribution in [3.8, 4) is 6.07 Å². The largest absolute Gasteiger partial charge is 0.453 e. The molecule has 0 aliphatic rings. The van der Waals surface area contributed by atoms with Crippen molar-refractivity contribution in [3.63, 3.8) is 0 Å². The van der Waals surface area contributed by atoms with Gasteiger partial charge in [0.15, 0.2) is 0 Å². The van der Waals surface area contributed by atoms with Crippen molar-refractivity contribution in [3.05, 3.63) is 29.6 Å². The zero-order chi connectivity index (χ0) is 12.4. The van der Waals surface area contributed by atoms with Crippen molar-refractivity contribution in [1.82, 2.24) is 4.98 Å². The minimum atomic E-state index is -5.59. The van der Waals surface area contributed by atoms with E-state index in [4.69, 9.17) is 5.26 Å². The fourth-order valence-electron chi connectivity index (χ4n) is 0.923. The molecule has 0 fully saturated rings. The lowest BCUT2D eigenvalue weighted by Crippen LogP contribution is -2.38. The second-order valence-corrected chi connectivity index (χ2v) is 3.03. The Morgan fingerprint density at radius 1 is 1.19 bits per heavy atom. The van der Waals surface area contributed by atoms with E-state index < -0.39 is 24.2 Å². The summed E-state index contributed by atoms with van der Waals surface area (Å²) in [6.45, 7) is 0. The van der Waals surface area contributed by atoms with Crippen molar-refractivity contribution in [2.24, 2.45) is 0 Å². The van der Waals surface area contributed by atoms with E-state index >= 15 is 0 Å². The molecule has 1 aromatic rings. The third kappa shape index (κ3) is 2.66. The van der Waals surface area contributed by atoms with E-state index in [0.29, 0.717) is 0 Å². The van der Waals surface area contributed by atoms with Crippen LogP contribution in [0.5, 0.6) is 0 Å². The molecule has 7 heteroatoms. The Balaban J connectivity index is 2.85. The Morgan fingerprint density at radius 3 is 2.19 bits per heavy atom. The molecule has 0 bridgehead atoms. The van der Waals surface area contributed by atoms with Gasteiger partial charge in [-0.1, -0.05) is 0 Å². The van der Waals surface area contributed by atoms with Gasteiger partial charge in [0.25, 0.3) is 0 Å². The van der Waals surface area contributed by atoms with Gasteiger partial charge in [0.1, 0.15) is 6.07 Å². The lowest BCUT2D eigenvalue weighted by Gasteiger charge is -2.18. The van der Waals surface area contributed by atoms with E-state index in [-0.39, 0.29) is 5.56 Å². The Hall–Kier alpha value is -1.71. The number of alkyl halides is 5. The van der Waals surface area contributed by atoms with Crippen LogP contribution in [0.25, 0.3) is 0 Å². The molecule has 1 rings (SSSR count). The van der Waals surface area contributed by atoms with Crippen LogP contribution in [0.2, 0.25) is 0 Å². The summed E-state index contributed by atoms with van der Waals surface area (Å²) in [6, 6.07) is 3.78. The molecule has 0 aliphatic heterocycles. The van der Waals surface area contributed by atoms with Gasteiger partial charge in [-0.25, -0.2) is 0 Å². The second-order valence-electron chi connectivity index (χ2n) is 3.03. The summed E-state index contributed by atoms with van der Waals surface area (Å²) in [5.74, 6) is -4.81. The molecule has 0 saturated carbocycles. The highest BCUT2D eigenvalue weighted by Gasteiger charge is 2.57. The molecule has 1 aromatic heterocycles. The molecular weight excluding hydrogens is 231 g/mol. The van der Waals surface area contributed by atoms with Crippen molar-refractivity contribution in [2.75, 3.05) is 0 Å². The molecule has 0 radical (unpaired) electrons. The molecule has 2 nitrogen and oxygen atoms in total. The van der Waals surface area contributed by atoms with Crippen molar-refractivity contribution in [1.29, 1.82) is 5.26 Å². The number of rotatable bonds is 2. The first kappa shape index (κ1) is 12.4. The predicted octanol–water partition coefficient (Wildman–Crippen LogP) is 2.69. The number of aromatic nitrogens is 1. The van der Waals surface area contributed by atoms with E-state index in [1.165, 1.54) is 0 Å². The molecule has 0 aliphatic carbocycles. The first-order chi connectivity index (χ1) is 7.26. The first-order valence-electron chi connectivity index (χ1n) is 4.06. The van der Waals surface area contributed by atoms with Crippen LogP contribution in [0.1, 0.15) is 11.3 Å². The highest BCUT2D eigenvalue weighted by Crippen LogP contribution is 2.37. The standard InChI is InChI=1S/C9H5F5N2/c10-8(11,9(12,13)14)3-7-2-1-6(4-15)5-16-7/h1-2,5H,3H2. The SMILES string of the molecule is N#Cc1ccc(CC(F)(F)C(F)(F)F)nc1. The summed E-state index contributed by atoms with van der Waals surface area (Å²) < 4.78 is 60.6. The van der Waals surface area contributed by atoms with E-state index in [2.05, 4.69) is 4.98 Å². The van der Waals surface area contributed by atoms with Gasteiger partial charge in [-0.3, -0.25) is 4.98 Å². The molecule has 16 heavy (non-hydrogen) atoms. The van der Waals surface area contributed by atoms with E-state index in [1.54, 1.807) is 6.07 Å². The van der Waals surface area contributed by atoms with E-state index in [9.17, 15) is 22.0 Å². The number of nitrogens with zero attached hydrogens (tertiary/aromatic N) is 2. The fraction of sp³-hybridized carbons (Fsp3) is 0.333. The number of hydrogen-bond donors (Lipinski definition) is 0. The highest BCUT2D eigenvalue weighted by atomic mass is 19.4. The van der Waals surface area contributed by atoms with Gasteiger partial charge < -0.3 is 0 Å². The summed E-state index contributed by atoms with van der Waals surface area (Å²) in [6.07, 6.45) is -6.17. The summed E-state index contributed by atoms with van der Waals surface area (Å²) in [5, 5.41) is 8.37. The Morgan fingerprint density at radius 2 is 1.81 bits per heavy atom. The number of pyridine rings is 1. The van der Waals surface area contributed by atoms with Crippen LogP contribution in [0.3, 0.4) is 0 Å². The maximum atomic E-state index is 12.6. The number of halogens is 5. The van der Waals surface area contributed by atoms with Crippen LogP contribution in [-0.4, -0.2) is 17.1 Å². The van der Waals surface area contributed by atoms with Gasteiger partial charge in [-0.2, -0.15) is 27.2 Å². The van der Waals surface area contributed by atoms with Crippen molar-refractivity contribution < 1.29 is 22.0 Å². The normalized spacial score (nSPS) is 12.2. The number of hydrogen-bond acceptors (Lipinski definition) is 2. The summed E-state index contributed by atoms with van der Waals surface area (Å²) >= 11 is 0. The molecule has 1 heterocycles. The quantitative estimate of drug-likeness (QED) is 0.740. The second kappa shape index (κ2) is 4.04. The Kier molecular flexibility index (Phi) is 3.12. The highest BCUT2D eigenvalue weighted by molar-refractivity contribution is 5.26. The van der Waals surface area contributed by atoms with Crippen LogP contribution in [0.15, 0.2) is 18.3 Å². The molecule has 0 atom stereocenters. The van der Waals surface area contributed by atoms with E-state index in [0.717, 1.165) is 18.3 Å². The molecule has 0 saturated heterocycles. The van der Waals surface area contributed by atoms with Crippen LogP contribution >= 0.6 is 0 Å². The summed E-state index contributed by atoms with van der Waals surface area (Å²) in [7, 11) is 0. The van der Waals surface area contributed by atoms with Crippen LogP contribution < -0.4 is 0 Å². The first-order valence-corrected chi connectivity index (χ1v) is 4.06. The van der Waals surface area contributed by atoms with Gasteiger partial charge in [0.2, 0.25) is 0 Å². The predicted molar refractivity (Wildman–Crippen MR) is 43.7 cm³/mol. The van der Waals surface area contributed by atoms with Crippen LogP contribution in [0, 0.1) is 11.3 Å². The van der Waals surface area contributed by atoms with Crippen LogP contribution in [0.4, 0.5) is 22.0 Å². The molecule has 0 aromatic carbocycles. The minimum absolute atomic E-state index is 0.0964. The zero-order valence-corrected chi connectivity index (χ0v) is 7.72. The molecule has 0 N–H and O–H groups in total. The average Bonchev–Trinajstić information content (AvgIpc) is 2.16. The molecular formula is C9H5F5N2. The van der Waals surface area contributed by atoms with Gasteiger partial charge in [-0.05, 0) is 12.1 Å². The fourth-order valence-corrected chi connectivity index (χ4v) is 0.923. The topological polar surface area (TPSA) is 36.7 Å². The van der Waals surface area contributed by atoms with Crippen molar-refractivity contribution in [2.45, 2.75) is 18.5 Å². The smallest absolute Gasteiger partial charge is 0.260 e. The van der Waals surface area contributed by atoms with Gasteiger partial charge in [0, 0.05) is 11.9 Å². The van der Waals surface area contributed by atoms with Gasteiger partial charge in [-0.15, -0.1) is 0 Å². The summed E-state index contributed by atoms with van der Waals surface area (Å²) in [5.41, 5.74) is -0.319. The van der Waals surface area contributed by atoms with Crippen molar-refractivity contribution >= 4 is 0 Å². The van der Waals surface area contributed by atoms with E-state index in [1.807, 2.05) is 0 Å². The lowest BCUT2D eigenvalue weighted by atomic mass is 10.1. The molecule has 0 unspecified atom stereocenters. The maximum absolute atomic E-state index is 12.6. The zero-order valence-electron chi connectivity index (χ0n) is 7.72. The monoisotopic (exact) mass is 236 g/mol. The maximum Gasteiger partial charge on any atom is 0.453 e. The summed E-state index contributed by atoms with van der Waals surface area (Å²) in [4.78, 5) is 3.35. The minimum Gasteiger partial charge on any atom is -0.260 e. The average molecular weight is 236 g/mol.